The first-order chi connectivity index (χ1) is 17.3. The second-order valence-electron chi connectivity index (χ2n) is 8.89. The lowest BCUT2D eigenvalue weighted by Gasteiger charge is -2.47. The fourth-order valence-electron chi connectivity index (χ4n) is 4.64. The quantitative estimate of drug-likeness (QED) is 0.465. The number of aliphatic carboxylic acids is 1. The summed E-state index contributed by atoms with van der Waals surface area (Å²) in [7, 11) is 1.67. The molecule has 0 bridgehead atoms. The fraction of sp³-hybridized carbons (Fsp3) is 0.500. The summed E-state index contributed by atoms with van der Waals surface area (Å²) in [6.45, 7) is 7.79. The Morgan fingerprint density at radius 2 is 2.00 bits per heavy atom. The molecule has 0 spiro atoms. The average Bonchev–Trinajstić information content (AvgIpc) is 2.81. The molecule has 3 heterocycles. The number of nitrogen functional groups attached to an aromatic ring is 1. The number of ether oxygens (including phenoxy) is 1. The lowest BCUT2D eigenvalue weighted by molar-refractivity contribution is -0.138. The Morgan fingerprint density at radius 3 is 2.67 bits per heavy atom. The van der Waals surface area contributed by atoms with Gasteiger partial charge in [-0.15, -0.1) is 0 Å². The topological polar surface area (TPSA) is 104 Å². The third kappa shape index (κ3) is 7.02. The number of nitrogens with zero attached hydrogens (tertiary/aromatic N) is 4. The maximum absolute atomic E-state index is 11.1. The Labute approximate surface area is 223 Å². The highest BCUT2D eigenvalue weighted by molar-refractivity contribution is 6.35. The Morgan fingerprint density at radius 1 is 1.25 bits per heavy atom. The van der Waals surface area contributed by atoms with Crippen molar-refractivity contribution in [1.29, 1.82) is 0 Å². The predicted octanol–water partition coefficient (Wildman–Crippen LogP) is 4.86. The summed E-state index contributed by atoms with van der Waals surface area (Å²) >= 11 is 12.3. The molecule has 1 atom stereocenters. The zero-order valence-corrected chi connectivity index (χ0v) is 22.6. The van der Waals surface area contributed by atoms with E-state index in [0.29, 0.717) is 39.0 Å². The number of pyridine rings is 1. The first-order valence-corrected chi connectivity index (χ1v) is 13.1. The molecule has 0 radical (unpaired) electrons. The van der Waals surface area contributed by atoms with Crippen LogP contribution in [0.25, 0.3) is 0 Å². The van der Waals surface area contributed by atoms with Crippen molar-refractivity contribution >= 4 is 46.9 Å². The van der Waals surface area contributed by atoms with Crippen LogP contribution in [0.3, 0.4) is 0 Å². The zero-order valence-electron chi connectivity index (χ0n) is 21.1. The minimum Gasteiger partial charge on any atom is -0.486 e. The SMILES string of the molecule is CC.CN=Cc1nc(N2CC(C3CCCN(CC(=O)O)C3)C2)cc(OCc2ccc(Cl)cc2Cl)c1N. The molecule has 0 amide bonds. The smallest absolute Gasteiger partial charge is 0.317 e. The Balaban J connectivity index is 0.00000176. The predicted molar refractivity (Wildman–Crippen MR) is 147 cm³/mol. The van der Waals surface area contributed by atoms with Gasteiger partial charge >= 0.3 is 5.97 Å². The molecule has 2 saturated heterocycles. The molecule has 1 aromatic carbocycles. The molecule has 36 heavy (non-hydrogen) atoms. The lowest BCUT2D eigenvalue weighted by Crippen LogP contribution is -2.54. The van der Waals surface area contributed by atoms with E-state index in [2.05, 4.69) is 9.89 Å². The second-order valence-corrected chi connectivity index (χ2v) is 9.73. The van der Waals surface area contributed by atoms with Crippen LogP contribution in [0, 0.1) is 11.8 Å². The number of nitrogens with two attached hydrogens (primary N) is 1. The third-order valence-electron chi connectivity index (χ3n) is 6.49. The van der Waals surface area contributed by atoms with Crippen LogP contribution in [0.15, 0.2) is 29.3 Å². The molecule has 0 aliphatic carbocycles. The average molecular weight is 537 g/mol. The summed E-state index contributed by atoms with van der Waals surface area (Å²) in [5, 5.41) is 10.2. The van der Waals surface area contributed by atoms with E-state index in [1.165, 1.54) is 0 Å². The van der Waals surface area contributed by atoms with Crippen LogP contribution in [0.4, 0.5) is 11.5 Å². The molecular weight excluding hydrogens is 501 g/mol. The van der Waals surface area contributed by atoms with Crippen molar-refractivity contribution in [3.8, 4) is 5.75 Å². The number of halogens is 2. The molecule has 10 heteroatoms. The lowest BCUT2D eigenvalue weighted by atomic mass is 9.80. The van der Waals surface area contributed by atoms with Gasteiger partial charge in [-0.25, -0.2) is 4.98 Å². The van der Waals surface area contributed by atoms with Crippen LogP contribution >= 0.6 is 23.2 Å². The molecule has 1 aromatic heterocycles. The summed E-state index contributed by atoms with van der Waals surface area (Å²) in [5.41, 5.74) is 8.11. The van der Waals surface area contributed by atoms with Crippen LogP contribution < -0.4 is 15.4 Å². The molecule has 2 aliphatic heterocycles. The Hall–Kier alpha value is -2.55. The Bertz CT molecular complexity index is 1080. The molecule has 2 aromatic rings. The molecular formula is C26H35Cl2N5O3. The van der Waals surface area contributed by atoms with Crippen molar-refractivity contribution in [2.45, 2.75) is 33.3 Å². The summed E-state index contributed by atoms with van der Waals surface area (Å²) < 4.78 is 6.04. The molecule has 3 N–H and O–H groups in total. The van der Waals surface area contributed by atoms with Gasteiger partial charge in [-0.2, -0.15) is 0 Å². The van der Waals surface area contributed by atoms with Gasteiger partial charge < -0.3 is 20.5 Å². The maximum atomic E-state index is 11.1. The van der Waals surface area contributed by atoms with Crippen LogP contribution in [-0.2, 0) is 11.4 Å². The minimum absolute atomic E-state index is 0.116. The van der Waals surface area contributed by atoms with Crippen LogP contribution in [0.2, 0.25) is 10.0 Å². The molecule has 2 fully saturated rings. The molecule has 196 valence electrons. The van der Waals surface area contributed by atoms with Crippen LogP contribution in [0.1, 0.15) is 37.9 Å². The number of piperidine rings is 1. The van der Waals surface area contributed by atoms with Gasteiger partial charge in [0.1, 0.15) is 29.6 Å². The van der Waals surface area contributed by atoms with E-state index < -0.39 is 5.97 Å². The van der Waals surface area contributed by atoms with E-state index in [9.17, 15) is 4.79 Å². The van der Waals surface area contributed by atoms with Crippen molar-refractivity contribution in [3.05, 3.63) is 45.6 Å². The molecule has 8 nitrogen and oxygen atoms in total. The molecule has 1 unspecified atom stereocenters. The number of rotatable bonds is 8. The minimum atomic E-state index is -0.764. The van der Waals surface area contributed by atoms with Gasteiger partial charge in [-0.05, 0) is 43.4 Å². The van der Waals surface area contributed by atoms with E-state index in [1.807, 2.05) is 30.9 Å². The van der Waals surface area contributed by atoms with Gasteiger partial charge in [0.05, 0.1) is 6.54 Å². The number of carboxylic acid groups (broad SMARTS) is 1. The van der Waals surface area contributed by atoms with E-state index in [4.69, 9.17) is 43.8 Å². The molecule has 2 aliphatic rings. The van der Waals surface area contributed by atoms with Gasteiger partial charge in [0.15, 0.2) is 0 Å². The summed E-state index contributed by atoms with van der Waals surface area (Å²) in [6.07, 6.45) is 3.80. The first-order valence-electron chi connectivity index (χ1n) is 12.3. The maximum Gasteiger partial charge on any atom is 0.317 e. The monoisotopic (exact) mass is 535 g/mol. The number of aromatic nitrogens is 1. The standard InChI is InChI=1S/C24H29Cl2N5O3.C2H6/c1-28-9-20-24(27)21(34-14-16-4-5-18(25)7-19(16)26)8-22(29-20)31-11-17(12-31)15-3-2-6-30(10-15)13-23(32)33;1-2/h4-5,7-9,15,17H,2-3,6,10-14,27H2,1H3,(H,32,33);1-2H3. The number of benzene rings is 1. The summed E-state index contributed by atoms with van der Waals surface area (Å²) in [6, 6.07) is 7.14. The fourth-order valence-corrected chi connectivity index (χ4v) is 5.11. The zero-order chi connectivity index (χ0) is 26.2. The largest absolute Gasteiger partial charge is 0.486 e. The van der Waals surface area contributed by atoms with Gasteiger partial charge in [0, 0.05) is 54.6 Å². The van der Waals surface area contributed by atoms with Crippen LogP contribution in [0.5, 0.6) is 5.75 Å². The normalized spacial score (nSPS) is 18.5. The van der Waals surface area contributed by atoms with Gasteiger partial charge in [-0.1, -0.05) is 43.1 Å². The van der Waals surface area contributed by atoms with Crippen molar-refractivity contribution in [2.24, 2.45) is 16.8 Å². The van der Waals surface area contributed by atoms with Crippen molar-refractivity contribution in [1.82, 2.24) is 9.88 Å². The van der Waals surface area contributed by atoms with E-state index >= 15 is 0 Å². The van der Waals surface area contributed by atoms with Crippen molar-refractivity contribution in [2.75, 3.05) is 50.4 Å². The number of likely N-dealkylation sites (tertiary alicyclic amines) is 1. The van der Waals surface area contributed by atoms with Gasteiger partial charge in [-0.3, -0.25) is 14.7 Å². The van der Waals surface area contributed by atoms with E-state index in [0.717, 1.165) is 50.4 Å². The number of aliphatic imine (C=N–C) groups is 1. The molecule has 4 rings (SSSR count). The highest BCUT2D eigenvalue weighted by atomic mass is 35.5. The third-order valence-corrected chi connectivity index (χ3v) is 7.07. The first kappa shape index (κ1) is 28.0. The Kier molecular flexibility index (Phi) is 10.2. The van der Waals surface area contributed by atoms with E-state index in [-0.39, 0.29) is 13.2 Å². The number of carbonyl (C=O) groups is 1. The molecule has 0 saturated carbocycles. The summed E-state index contributed by atoms with van der Waals surface area (Å²) in [5.74, 6) is 1.56. The number of anilines is 2. The summed E-state index contributed by atoms with van der Waals surface area (Å²) in [4.78, 5) is 24.1. The van der Waals surface area contributed by atoms with Gasteiger partial charge in [0.25, 0.3) is 0 Å². The van der Waals surface area contributed by atoms with Gasteiger partial charge in [0.2, 0.25) is 0 Å². The van der Waals surface area contributed by atoms with Crippen LogP contribution in [-0.4, -0.2) is 66.9 Å². The number of carboxylic acids is 1. The van der Waals surface area contributed by atoms with E-state index in [1.54, 1.807) is 25.4 Å². The highest BCUT2D eigenvalue weighted by Gasteiger charge is 2.37. The number of hydrogen-bond acceptors (Lipinski definition) is 7. The van der Waals surface area contributed by atoms with Crippen molar-refractivity contribution in [3.63, 3.8) is 0 Å². The number of hydrogen-bond donors (Lipinski definition) is 2. The second kappa shape index (κ2) is 13.1. The van der Waals surface area contributed by atoms with Crippen molar-refractivity contribution < 1.29 is 14.6 Å². The highest BCUT2D eigenvalue weighted by Crippen LogP contribution is 2.36.